The molecule has 0 unspecified atom stereocenters. The van der Waals surface area contributed by atoms with Crippen molar-refractivity contribution in [3.05, 3.63) is 84.8 Å². The highest BCUT2D eigenvalue weighted by Gasteiger charge is 2.18. The molecule has 0 fully saturated rings. The molecule has 0 N–H and O–H groups in total. The molecule has 0 radical (unpaired) electrons. The van der Waals surface area contributed by atoms with Gasteiger partial charge in [0.05, 0.1) is 31.6 Å². The molecular weight excluding hydrogens is 447 g/mol. The minimum absolute atomic E-state index is 0.0660. The first kappa shape index (κ1) is 20.2. The maximum atomic E-state index is 13.3. The summed E-state index contributed by atoms with van der Waals surface area (Å²) in [5, 5.41) is 1.51. The van der Waals surface area contributed by atoms with Crippen molar-refractivity contribution in [3.8, 4) is 5.69 Å². The molecule has 0 saturated heterocycles. The first-order valence-electron chi connectivity index (χ1n) is 8.64. The van der Waals surface area contributed by atoms with Crippen LogP contribution in [0, 0.1) is 6.92 Å². The molecule has 0 aliphatic heterocycles. The van der Waals surface area contributed by atoms with E-state index in [2.05, 4.69) is 4.98 Å². The number of carbonyl (C=O) groups is 1. The van der Waals surface area contributed by atoms with Gasteiger partial charge in [-0.2, -0.15) is 0 Å². The van der Waals surface area contributed by atoms with Crippen LogP contribution in [0.1, 0.15) is 15.2 Å². The molecular formula is C21H14Cl2N2O2S2. The van der Waals surface area contributed by atoms with Crippen LogP contribution in [0.5, 0.6) is 0 Å². The maximum Gasteiger partial charge on any atom is 0.266 e. The zero-order chi connectivity index (χ0) is 20.5. The van der Waals surface area contributed by atoms with Crippen molar-refractivity contribution < 1.29 is 4.79 Å². The number of hydrogen-bond acceptors (Lipinski definition) is 5. The van der Waals surface area contributed by atoms with Gasteiger partial charge in [0.15, 0.2) is 10.9 Å². The van der Waals surface area contributed by atoms with E-state index in [4.69, 9.17) is 23.2 Å². The molecule has 0 bridgehead atoms. The summed E-state index contributed by atoms with van der Waals surface area (Å²) in [7, 11) is 0. The van der Waals surface area contributed by atoms with E-state index in [1.807, 2.05) is 19.1 Å². The Bertz CT molecular complexity index is 1300. The van der Waals surface area contributed by atoms with Crippen LogP contribution in [0.15, 0.2) is 64.5 Å². The summed E-state index contributed by atoms with van der Waals surface area (Å²) in [5.74, 6) is 0.0741. The second-order valence-corrected chi connectivity index (χ2v) is 9.32. The number of para-hydroxylation sites is 1. The van der Waals surface area contributed by atoms with Gasteiger partial charge < -0.3 is 0 Å². The molecule has 146 valence electrons. The summed E-state index contributed by atoms with van der Waals surface area (Å²) in [6.45, 7) is 1.85. The summed E-state index contributed by atoms with van der Waals surface area (Å²) in [6.07, 6.45) is 0. The van der Waals surface area contributed by atoms with Crippen molar-refractivity contribution >= 4 is 63.0 Å². The highest BCUT2D eigenvalue weighted by atomic mass is 35.5. The first-order valence-corrected chi connectivity index (χ1v) is 11.2. The van der Waals surface area contributed by atoms with E-state index in [1.54, 1.807) is 42.5 Å². The van der Waals surface area contributed by atoms with E-state index >= 15 is 0 Å². The number of benzene rings is 2. The van der Waals surface area contributed by atoms with Crippen molar-refractivity contribution in [3.63, 3.8) is 0 Å². The van der Waals surface area contributed by atoms with Crippen molar-refractivity contribution in [1.82, 2.24) is 9.55 Å². The van der Waals surface area contributed by atoms with Crippen LogP contribution < -0.4 is 5.56 Å². The number of hydrogen-bond donors (Lipinski definition) is 0. The lowest BCUT2D eigenvalue weighted by Crippen LogP contribution is -2.23. The molecule has 2 aromatic heterocycles. The lowest BCUT2D eigenvalue weighted by Gasteiger charge is -2.15. The highest BCUT2D eigenvalue weighted by molar-refractivity contribution is 7.99. The predicted molar refractivity (Wildman–Crippen MR) is 121 cm³/mol. The molecule has 2 aromatic carbocycles. The highest BCUT2D eigenvalue weighted by Crippen LogP contribution is 2.28. The summed E-state index contributed by atoms with van der Waals surface area (Å²) >= 11 is 14.7. The third-order valence-corrected chi connectivity index (χ3v) is 7.03. The van der Waals surface area contributed by atoms with E-state index in [-0.39, 0.29) is 17.1 Å². The van der Waals surface area contributed by atoms with Gasteiger partial charge in [-0.05, 0) is 48.9 Å². The Morgan fingerprint density at radius 3 is 2.66 bits per heavy atom. The minimum Gasteiger partial charge on any atom is -0.292 e. The molecule has 29 heavy (non-hydrogen) atoms. The van der Waals surface area contributed by atoms with Gasteiger partial charge in [-0.25, -0.2) is 4.98 Å². The van der Waals surface area contributed by atoms with E-state index in [0.717, 1.165) is 5.56 Å². The summed E-state index contributed by atoms with van der Waals surface area (Å²) in [5.41, 5.74) is 1.80. The molecule has 2 heterocycles. The lowest BCUT2D eigenvalue weighted by molar-refractivity contribution is 0.102. The van der Waals surface area contributed by atoms with E-state index in [9.17, 15) is 9.59 Å². The Morgan fingerprint density at radius 2 is 1.90 bits per heavy atom. The standard InChI is InChI=1S/C21H14Cl2N2O2S2/c1-12-14(22)6-4-8-16(12)25-20(27)13-5-2-3-7-15(13)24-21(25)28-11-17(26)18-9-10-19(23)29-18/h2-10H,11H2,1H3. The van der Waals surface area contributed by atoms with Gasteiger partial charge in [-0.15, -0.1) is 11.3 Å². The Morgan fingerprint density at radius 1 is 1.10 bits per heavy atom. The van der Waals surface area contributed by atoms with Gasteiger partial charge in [-0.3, -0.25) is 14.2 Å². The number of nitrogens with zero attached hydrogens (tertiary/aromatic N) is 2. The third kappa shape index (κ3) is 3.98. The molecule has 0 spiro atoms. The summed E-state index contributed by atoms with van der Waals surface area (Å²) in [4.78, 5) is 31.1. The molecule has 0 saturated carbocycles. The van der Waals surface area contributed by atoms with Gasteiger partial charge in [-0.1, -0.05) is 53.2 Å². The Hall–Kier alpha value is -2.12. The molecule has 4 nitrogen and oxygen atoms in total. The zero-order valence-corrected chi connectivity index (χ0v) is 18.3. The van der Waals surface area contributed by atoms with Crippen molar-refractivity contribution in [2.75, 3.05) is 5.75 Å². The van der Waals surface area contributed by atoms with Crippen molar-refractivity contribution in [2.24, 2.45) is 0 Å². The molecule has 8 heteroatoms. The quantitative estimate of drug-likeness (QED) is 0.207. The Kier molecular flexibility index (Phi) is 5.79. The number of aromatic nitrogens is 2. The van der Waals surface area contributed by atoms with Crippen molar-refractivity contribution in [1.29, 1.82) is 0 Å². The van der Waals surface area contributed by atoms with Crippen molar-refractivity contribution in [2.45, 2.75) is 12.1 Å². The number of thiophene rings is 1. The minimum atomic E-state index is -0.199. The fourth-order valence-corrected chi connectivity index (χ4v) is 5.06. The molecule has 0 amide bonds. The largest absolute Gasteiger partial charge is 0.292 e. The van der Waals surface area contributed by atoms with Gasteiger partial charge >= 0.3 is 0 Å². The monoisotopic (exact) mass is 460 g/mol. The fourth-order valence-electron chi connectivity index (χ4n) is 2.93. The van der Waals surface area contributed by atoms with Crippen LogP contribution in [0.3, 0.4) is 0 Å². The van der Waals surface area contributed by atoms with Crippen LogP contribution in [-0.4, -0.2) is 21.1 Å². The number of halogens is 2. The number of rotatable bonds is 5. The SMILES string of the molecule is Cc1c(Cl)cccc1-n1c(SCC(=O)c2ccc(Cl)s2)nc2ccccc2c1=O. The summed E-state index contributed by atoms with van der Waals surface area (Å²) < 4.78 is 2.09. The zero-order valence-electron chi connectivity index (χ0n) is 15.2. The van der Waals surface area contributed by atoms with Gasteiger partial charge in [0, 0.05) is 5.02 Å². The number of ketones is 1. The van der Waals surface area contributed by atoms with E-state index in [0.29, 0.717) is 36.0 Å². The smallest absolute Gasteiger partial charge is 0.266 e. The summed E-state index contributed by atoms with van der Waals surface area (Å²) in [6, 6.07) is 16.0. The van der Waals surface area contributed by atoms with Crippen LogP contribution >= 0.6 is 46.3 Å². The molecule has 0 aliphatic rings. The number of fused-ring (bicyclic) bond motifs is 1. The molecule has 0 atom stereocenters. The molecule has 4 rings (SSSR count). The Labute approximate surface area is 185 Å². The van der Waals surface area contributed by atoms with Crippen LogP contribution in [0.2, 0.25) is 9.36 Å². The van der Waals surface area contributed by atoms with Crippen LogP contribution in [0.25, 0.3) is 16.6 Å². The number of carbonyl (C=O) groups excluding carboxylic acids is 1. The second kappa shape index (κ2) is 8.32. The van der Waals surface area contributed by atoms with Crippen LogP contribution in [-0.2, 0) is 0 Å². The second-order valence-electron chi connectivity index (χ2n) is 6.25. The van der Waals surface area contributed by atoms with E-state index < -0.39 is 0 Å². The normalized spacial score (nSPS) is 11.1. The lowest BCUT2D eigenvalue weighted by atomic mass is 10.2. The average Bonchev–Trinajstić information content (AvgIpc) is 3.15. The third-order valence-electron chi connectivity index (χ3n) is 4.41. The topological polar surface area (TPSA) is 52.0 Å². The first-order chi connectivity index (χ1) is 14.0. The maximum absolute atomic E-state index is 13.3. The molecule has 4 aromatic rings. The predicted octanol–water partition coefficient (Wildman–Crippen LogP) is 6.04. The Balaban J connectivity index is 1.82. The van der Waals surface area contributed by atoms with E-state index in [1.165, 1.54) is 27.7 Å². The van der Waals surface area contributed by atoms with Gasteiger partial charge in [0.1, 0.15) is 0 Å². The van der Waals surface area contributed by atoms with Gasteiger partial charge in [0.25, 0.3) is 5.56 Å². The molecule has 0 aliphatic carbocycles. The average molecular weight is 461 g/mol. The fraction of sp³-hybridized carbons (Fsp3) is 0.0952. The van der Waals surface area contributed by atoms with Crippen LogP contribution in [0.4, 0.5) is 0 Å². The van der Waals surface area contributed by atoms with Gasteiger partial charge in [0.2, 0.25) is 0 Å². The number of thioether (sulfide) groups is 1. The number of Topliss-reactive ketones (excluding diaryl/α,β-unsaturated/α-hetero) is 1.